The van der Waals surface area contributed by atoms with Gasteiger partial charge in [-0.2, -0.15) is 5.10 Å². The molecule has 0 fully saturated rings. The van der Waals surface area contributed by atoms with Gasteiger partial charge in [0.05, 0.1) is 12.2 Å². The molecule has 0 atom stereocenters. The van der Waals surface area contributed by atoms with Crippen molar-refractivity contribution < 1.29 is 4.74 Å². The van der Waals surface area contributed by atoms with Crippen molar-refractivity contribution in [1.82, 2.24) is 15.1 Å². The molecule has 1 aromatic heterocycles. The van der Waals surface area contributed by atoms with Gasteiger partial charge in [0.15, 0.2) is 0 Å². The zero-order valence-electron chi connectivity index (χ0n) is 8.08. The molecule has 1 aromatic rings. The van der Waals surface area contributed by atoms with Crippen molar-refractivity contribution in [3.8, 4) is 0 Å². The molecule has 5 heteroatoms. The van der Waals surface area contributed by atoms with Crippen molar-refractivity contribution >= 4 is 5.82 Å². The molecular weight excluding hydrogens is 168 g/mol. The quantitative estimate of drug-likeness (QED) is 0.587. The van der Waals surface area contributed by atoms with E-state index < -0.39 is 0 Å². The van der Waals surface area contributed by atoms with Gasteiger partial charge in [-0.15, -0.1) is 0 Å². The highest BCUT2D eigenvalue weighted by atomic mass is 16.4. The van der Waals surface area contributed by atoms with Gasteiger partial charge in [0.1, 0.15) is 5.82 Å². The third kappa shape index (κ3) is 2.71. The van der Waals surface area contributed by atoms with Crippen LogP contribution in [-0.2, 0) is 17.8 Å². The molecular formula is C8H16N4O. The highest BCUT2D eigenvalue weighted by Crippen LogP contribution is 2.07. The Bertz CT molecular complexity index is 235. The number of nitrogens with two attached hydrogens (primary N) is 1. The second-order valence-electron chi connectivity index (χ2n) is 2.87. The number of ether oxygens (including phenoxy) is 1. The molecule has 74 valence electrons. The van der Waals surface area contributed by atoms with Crippen LogP contribution < -0.4 is 11.1 Å². The lowest BCUT2D eigenvalue weighted by molar-refractivity contribution is 0.277. The number of aromatic nitrogens is 2. The zero-order valence-corrected chi connectivity index (χ0v) is 8.08. The predicted octanol–water partition coefficient (Wildman–Crippen LogP) is -0.169. The van der Waals surface area contributed by atoms with E-state index in [1.807, 2.05) is 10.7 Å². The average Bonchev–Trinajstić information content (AvgIpc) is 2.45. The first-order chi connectivity index (χ1) is 6.27. The molecule has 0 amide bonds. The first-order valence-electron chi connectivity index (χ1n) is 4.21. The van der Waals surface area contributed by atoms with E-state index in [0.717, 1.165) is 19.6 Å². The van der Waals surface area contributed by atoms with Crippen LogP contribution in [0.25, 0.3) is 0 Å². The van der Waals surface area contributed by atoms with Gasteiger partial charge in [0.2, 0.25) is 0 Å². The number of nitrogens with one attached hydrogen (secondary N) is 1. The number of rotatable bonds is 0. The van der Waals surface area contributed by atoms with Crippen molar-refractivity contribution in [2.45, 2.75) is 13.1 Å². The number of nitrogen functional groups attached to an aromatic ring is 1. The molecule has 0 aromatic carbocycles. The van der Waals surface area contributed by atoms with Crippen LogP contribution >= 0.6 is 0 Å². The molecule has 0 spiro atoms. The molecule has 5 nitrogen and oxygen atoms in total. The fourth-order valence-corrected chi connectivity index (χ4v) is 1.22. The summed E-state index contributed by atoms with van der Waals surface area (Å²) in [5, 5.41) is 7.34. The standard InChI is InChI=1S/C6H10N4.C2H6O/c7-6-3-5-4-8-1-2-10(5)9-6;1-3-2/h3,8H,1-2,4H2,(H2,7,9);1-2H3. The van der Waals surface area contributed by atoms with E-state index in [-0.39, 0.29) is 0 Å². The molecule has 0 unspecified atom stereocenters. The van der Waals surface area contributed by atoms with Crippen LogP contribution in [0.1, 0.15) is 5.69 Å². The molecule has 0 saturated carbocycles. The number of methoxy groups -OCH3 is 1. The molecule has 1 aliphatic rings. The van der Waals surface area contributed by atoms with Crippen LogP contribution in [0, 0.1) is 0 Å². The summed E-state index contributed by atoms with van der Waals surface area (Å²) < 4.78 is 6.20. The maximum absolute atomic E-state index is 5.50. The zero-order chi connectivity index (χ0) is 9.68. The van der Waals surface area contributed by atoms with Gasteiger partial charge in [-0.3, -0.25) is 4.68 Å². The maximum Gasteiger partial charge on any atom is 0.145 e. The van der Waals surface area contributed by atoms with Crippen molar-refractivity contribution in [3.63, 3.8) is 0 Å². The number of fused-ring (bicyclic) bond motifs is 1. The summed E-state index contributed by atoms with van der Waals surface area (Å²) in [6.07, 6.45) is 0. The van der Waals surface area contributed by atoms with Crippen LogP contribution in [0.15, 0.2) is 6.07 Å². The molecule has 2 rings (SSSR count). The van der Waals surface area contributed by atoms with Gasteiger partial charge in [-0.1, -0.05) is 0 Å². The molecule has 13 heavy (non-hydrogen) atoms. The molecule has 0 saturated heterocycles. The molecule has 2 heterocycles. The molecule has 0 radical (unpaired) electrons. The number of hydrogen-bond acceptors (Lipinski definition) is 4. The Labute approximate surface area is 77.9 Å². The summed E-state index contributed by atoms with van der Waals surface area (Å²) >= 11 is 0. The maximum atomic E-state index is 5.50. The van der Waals surface area contributed by atoms with Crippen molar-refractivity contribution in [2.24, 2.45) is 0 Å². The van der Waals surface area contributed by atoms with Gasteiger partial charge in [-0.05, 0) is 0 Å². The van der Waals surface area contributed by atoms with Crippen molar-refractivity contribution in [2.75, 3.05) is 26.5 Å². The van der Waals surface area contributed by atoms with Gasteiger partial charge in [-0.25, -0.2) is 0 Å². The largest absolute Gasteiger partial charge is 0.388 e. The van der Waals surface area contributed by atoms with E-state index in [1.54, 1.807) is 14.2 Å². The third-order valence-electron chi connectivity index (χ3n) is 1.69. The third-order valence-corrected chi connectivity index (χ3v) is 1.69. The van der Waals surface area contributed by atoms with Crippen LogP contribution in [-0.4, -0.2) is 30.5 Å². The van der Waals surface area contributed by atoms with E-state index in [1.165, 1.54) is 5.69 Å². The Hall–Kier alpha value is -1.07. The van der Waals surface area contributed by atoms with Gasteiger partial charge >= 0.3 is 0 Å². The predicted molar refractivity (Wildman–Crippen MR) is 51.3 cm³/mol. The lowest BCUT2D eigenvalue weighted by atomic mass is 10.3. The fourth-order valence-electron chi connectivity index (χ4n) is 1.22. The van der Waals surface area contributed by atoms with Crippen LogP contribution in [0.5, 0.6) is 0 Å². The SMILES string of the molecule is COC.Nc1cc2n(n1)CCNC2. The summed E-state index contributed by atoms with van der Waals surface area (Å²) in [6, 6.07) is 1.91. The Morgan fingerprint density at radius 1 is 1.62 bits per heavy atom. The first-order valence-corrected chi connectivity index (χ1v) is 4.21. The Morgan fingerprint density at radius 2 is 2.31 bits per heavy atom. The monoisotopic (exact) mass is 184 g/mol. The smallest absolute Gasteiger partial charge is 0.145 e. The number of anilines is 1. The van der Waals surface area contributed by atoms with E-state index in [2.05, 4.69) is 15.2 Å². The molecule has 0 bridgehead atoms. The summed E-state index contributed by atoms with van der Waals surface area (Å²) in [4.78, 5) is 0. The highest BCUT2D eigenvalue weighted by molar-refractivity contribution is 5.29. The summed E-state index contributed by atoms with van der Waals surface area (Å²) in [7, 11) is 3.25. The van der Waals surface area contributed by atoms with Crippen molar-refractivity contribution in [1.29, 1.82) is 0 Å². The van der Waals surface area contributed by atoms with Gasteiger partial charge in [0, 0.05) is 33.4 Å². The van der Waals surface area contributed by atoms with E-state index in [4.69, 9.17) is 5.73 Å². The Morgan fingerprint density at radius 3 is 2.92 bits per heavy atom. The van der Waals surface area contributed by atoms with E-state index >= 15 is 0 Å². The van der Waals surface area contributed by atoms with Gasteiger partial charge in [0.25, 0.3) is 0 Å². The van der Waals surface area contributed by atoms with Crippen molar-refractivity contribution in [3.05, 3.63) is 11.8 Å². The average molecular weight is 184 g/mol. The second-order valence-corrected chi connectivity index (χ2v) is 2.87. The number of nitrogens with zero attached hydrogens (tertiary/aromatic N) is 2. The fraction of sp³-hybridized carbons (Fsp3) is 0.625. The first kappa shape index (κ1) is 10.0. The van der Waals surface area contributed by atoms with E-state index in [9.17, 15) is 0 Å². The summed E-state index contributed by atoms with van der Waals surface area (Å²) in [5.74, 6) is 0.624. The van der Waals surface area contributed by atoms with Crippen LogP contribution in [0.3, 0.4) is 0 Å². The minimum atomic E-state index is 0.624. The molecule has 0 aliphatic carbocycles. The minimum absolute atomic E-state index is 0.624. The Balaban J connectivity index is 0.000000251. The lowest BCUT2D eigenvalue weighted by Gasteiger charge is -2.13. The highest BCUT2D eigenvalue weighted by Gasteiger charge is 2.08. The van der Waals surface area contributed by atoms with Gasteiger partial charge < -0.3 is 15.8 Å². The summed E-state index contributed by atoms with van der Waals surface area (Å²) in [6.45, 7) is 2.82. The number of hydrogen-bond donors (Lipinski definition) is 2. The minimum Gasteiger partial charge on any atom is -0.388 e. The topological polar surface area (TPSA) is 65.1 Å². The molecule has 3 N–H and O–H groups in total. The molecule has 1 aliphatic heterocycles. The lowest BCUT2D eigenvalue weighted by Crippen LogP contribution is -2.28. The summed E-state index contributed by atoms with van der Waals surface area (Å²) in [5.41, 5.74) is 6.68. The second kappa shape index (κ2) is 4.84. The Kier molecular flexibility index (Phi) is 3.72. The normalized spacial score (nSPS) is 14.3. The van der Waals surface area contributed by atoms with Crippen LogP contribution in [0.4, 0.5) is 5.82 Å². The van der Waals surface area contributed by atoms with E-state index in [0.29, 0.717) is 5.82 Å². The van der Waals surface area contributed by atoms with Crippen LogP contribution in [0.2, 0.25) is 0 Å².